The quantitative estimate of drug-likeness (QED) is 0.207. The first-order chi connectivity index (χ1) is 17.8. The molecule has 0 saturated heterocycles. The summed E-state index contributed by atoms with van der Waals surface area (Å²) in [6.07, 6.45) is 3.45. The number of hydrogen-bond donors (Lipinski definition) is 3. The van der Waals surface area contributed by atoms with Gasteiger partial charge in [0.25, 0.3) is 5.91 Å². The minimum Gasteiger partial charge on any atom is -0.481 e. The zero-order chi connectivity index (χ0) is 26.5. The number of halogens is 2. The van der Waals surface area contributed by atoms with Crippen molar-refractivity contribution in [1.82, 2.24) is 10.3 Å². The standard InChI is InChI=1S/C30H30ClFN2O3/c1-3-4-23(19-5-7-21(8-6-19)30(37)34-16-14-26(35)36)28(20-9-11-22(31)12-10-20)27-18(2)17-25(32)29-24(27)13-15-33-29/h5-13,15,17,23,28,33H,3-4,14,16H2,1-2H3,(H,34,37)(H,35,36)/t23-,28?/m1/s1. The molecule has 2 atom stereocenters. The first-order valence-electron chi connectivity index (χ1n) is 12.4. The van der Waals surface area contributed by atoms with E-state index in [-0.39, 0.29) is 36.5 Å². The molecule has 3 N–H and O–H groups in total. The Morgan fingerprint density at radius 1 is 1.05 bits per heavy atom. The predicted molar refractivity (Wildman–Crippen MR) is 145 cm³/mol. The Balaban J connectivity index is 1.78. The van der Waals surface area contributed by atoms with Crippen LogP contribution in [-0.4, -0.2) is 28.5 Å². The highest BCUT2D eigenvalue weighted by Gasteiger charge is 2.30. The number of carboxylic acids is 1. The van der Waals surface area contributed by atoms with Crippen LogP contribution in [-0.2, 0) is 4.79 Å². The minimum atomic E-state index is -0.959. The Kier molecular flexibility index (Phi) is 8.29. The normalized spacial score (nSPS) is 12.9. The van der Waals surface area contributed by atoms with Crippen LogP contribution in [0.25, 0.3) is 10.9 Å². The number of rotatable bonds is 10. The number of aromatic amines is 1. The van der Waals surface area contributed by atoms with Crippen molar-refractivity contribution in [3.8, 4) is 0 Å². The zero-order valence-electron chi connectivity index (χ0n) is 20.9. The van der Waals surface area contributed by atoms with Gasteiger partial charge in [0.2, 0.25) is 0 Å². The van der Waals surface area contributed by atoms with Gasteiger partial charge in [-0.3, -0.25) is 9.59 Å². The first-order valence-corrected chi connectivity index (χ1v) is 12.8. The number of carbonyl (C=O) groups is 2. The highest BCUT2D eigenvalue weighted by molar-refractivity contribution is 6.30. The van der Waals surface area contributed by atoms with Crippen LogP contribution >= 0.6 is 11.6 Å². The number of amides is 1. The maximum Gasteiger partial charge on any atom is 0.305 e. The van der Waals surface area contributed by atoms with E-state index < -0.39 is 5.97 Å². The third-order valence-corrected chi connectivity index (χ3v) is 7.06. The molecule has 0 aliphatic carbocycles. The summed E-state index contributed by atoms with van der Waals surface area (Å²) in [5.74, 6) is -1.57. The molecule has 7 heteroatoms. The Labute approximate surface area is 220 Å². The molecule has 0 aliphatic heterocycles. The van der Waals surface area contributed by atoms with E-state index >= 15 is 0 Å². The lowest BCUT2D eigenvalue weighted by molar-refractivity contribution is -0.136. The van der Waals surface area contributed by atoms with Gasteiger partial charge in [-0.05, 0) is 77.9 Å². The molecular formula is C30H30ClFN2O3. The fraction of sp³-hybridized carbons (Fsp3) is 0.267. The number of H-pyrrole nitrogens is 1. The van der Waals surface area contributed by atoms with Gasteiger partial charge in [0.1, 0.15) is 5.82 Å². The topological polar surface area (TPSA) is 82.2 Å². The molecular weight excluding hydrogens is 491 g/mol. The fourth-order valence-corrected chi connectivity index (χ4v) is 5.26. The van der Waals surface area contributed by atoms with Crippen LogP contribution < -0.4 is 5.32 Å². The molecule has 0 bridgehead atoms. The number of aromatic nitrogens is 1. The van der Waals surface area contributed by atoms with Crippen molar-refractivity contribution in [3.63, 3.8) is 0 Å². The molecule has 1 aromatic heterocycles. The van der Waals surface area contributed by atoms with Crippen molar-refractivity contribution in [2.75, 3.05) is 6.54 Å². The van der Waals surface area contributed by atoms with Crippen LogP contribution in [0.15, 0.2) is 66.9 Å². The number of carbonyl (C=O) groups excluding carboxylic acids is 1. The molecule has 0 radical (unpaired) electrons. The second-order valence-electron chi connectivity index (χ2n) is 9.30. The zero-order valence-corrected chi connectivity index (χ0v) is 21.6. The number of aliphatic carboxylic acids is 1. The van der Waals surface area contributed by atoms with Crippen molar-refractivity contribution in [1.29, 1.82) is 0 Å². The largest absolute Gasteiger partial charge is 0.481 e. The summed E-state index contributed by atoms with van der Waals surface area (Å²) >= 11 is 6.23. The van der Waals surface area contributed by atoms with Crippen molar-refractivity contribution in [3.05, 3.63) is 106 Å². The second kappa shape index (κ2) is 11.6. The molecule has 0 saturated carbocycles. The summed E-state index contributed by atoms with van der Waals surface area (Å²) in [5, 5.41) is 13.0. The number of carboxylic acid groups (broad SMARTS) is 1. The molecule has 1 heterocycles. The van der Waals surface area contributed by atoms with E-state index in [9.17, 15) is 14.0 Å². The molecule has 192 valence electrons. The van der Waals surface area contributed by atoms with Crippen LogP contribution in [0.3, 0.4) is 0 Å². The second-order valence-corrected chi connectivity index (χ2v) is 9.74. The maximum absolute atomic E-state index is 14.8. The van der Waals surface area contributed by atoms with E-state index in [1.807, 2.05) is 49.4 Å². The van der Waals surface area contributed by atoms with Gasteiger partial charge in [-0.2, -0.15) is 0 Å². The lowest BCUT2D eigenvalue weighted by atomic mass is 9.73. The molecule has 1 unspecified atom stereocenters. The molecule has 37 heavy (non-hydrogen) atoms. The Bertz CT molecular complexity index is 1400. The first kappa shape index (κ1) is 26.4. The highest BCUT2D eigenvalue weighted by Crippen LogP contribution is 2.45. The molecule has 4 rings (SSSR count). The van der Waals surface area contributed by atoms with Gasteiger partial charge in [-0.15, -0.1) is 0 Å². The van der Waals surface area contributed by atoms with Crippen LogP contribution in [0.2, 0.25) is 5.02 Å². The Morgan fingerprint density at radius 3 is 2.38 bits per heavy atom. The number of benzene rings is 3. The van der Waals surface area contributed by atoms with Crippen LogP contribution in [0.4, 0.5) is 4.39 Å². The van der Waals surface area contributed by atoms with Gasteiger partial charge < -0.3 is 15.4 Å². The molecule has 0 fully saturated rings. The summed E-state index contributed by atoms with van der Waals surface area (Å²) in [7, 11) is 0. The molecule has 0 aliphatic rings. The lowest BCUT2D eigenvalue weighted by Gasteiger charge is -2.31. The fourth-order valence-electron chi connectivity index (χ4n) is 5.13. The molecule has 3 aromatic carbocycles. The van der Waals surface area contributed by atoms with Crippen LogP contribution in [0.5, 0.6) is 0 Å². The van der Waals surface area contributed by atoms with Gasteiger partial charge in [0.15, 0.2) is 0 Å². The number of fused-ring (bicyclic) bond motifs is 1. The summed E-state index contributed by atoms with van der Waals surface area (Å²) in [5.41, 5.74) is 5.04. The number of hydrogen-bond acceptors (Lipinski definition) is 2. The minimum absolute atomic E-state index is 0.0533. The summed E-state index contributed by atoms with van der Waals surface area (Å²) < 4.78 is 14.8. The van der Waals surface area contributed by atoms with E-state index in [2.05, 4.69) is 17.2 Å². The number of nitrogens with one attached hydrogen (secondary N) is 2. The smallest absolute Gasteiger partial charge is 0.305 e. The van der Waals surface area contributed by atoms with E-state index in [0.717, 1.165) is 40.5 Å². The van der Waals surface area contributed by atoms with E-state index in [0.29, 0.717) is 16.1 Å². The van der Waals surface area contributed by atoms with Crippen LogP contribution in [0.1, 0.15) is 70.6 Å². The van der Waals surface area contributed by atoms with Gasteiger partial charge in [-0.25, -0.2) is 4.39 Å². The number of aryl methyl sites for hydroxylation is 1. The summed E-state index contributed by atoms with van der Waals surface area (Å²) in [6, 6.07) is 18.8. The molecule has 4 aromatic rings. The molecule has 1 amide bonds. The summed E-state index contributed by atoms with van der Waals surface area (Å²) in [6.45, 7) is 4.16. The van der Waals surface area contributed by atoms with E-state index in [1.54, 1.807) is 24.4 Å². The average molecular weight is 521 g/mol. The third kappa shape index (κ3) is 5.86. The van der Waals surface area contributed by atoms with Crippen LogP contribution in [0, 0.1) is 12.7 Å². The Hall–Kier alpha value is -3.64. The SMILES string of the molecule is CCC[C@H](c1ccc(C(=O)NCCC(=O)O)cc1)C(c1ccc(Cl)cc1)c1c(C)cc(F)c2[nH]ccc12. The van der Waals surface area contributed by atoms with Gasteiger partial charge in [0, 0.05) is 34.6 Å². The van der Waals surface area contributed by atoms with Crippen molar-refractivity contribution >= 4 is 34.4 Å². The molecule has 0 spiro atoms. The van der Waals surface area contributed by atoms with Crippen molar-refractivity contribution in [2.45, 2.75) is 44.9 Å². The van der Waals surface area contributed by atoms with Gasteiger partial charge in [-0.1, -0.05) is 49.2 Å². The highest BCUT2D eigenvalue weighted by atomic mass is 35.5. The summed E-state index contributed by atoms with van der Waals surface area (Å²) in [4.78, 5) is 26.3. The van der Waals surface area contributed by atoms with E-state index in [4.69, 9.17) is 16.7 Å². The van der Waals surface area contributed by atoms with Gasteiger partial charge in [0.05, 0.1) is 11.9 Å². The average Bonchev–Trinajstić information content (AvgIpc) is 3.36. The Morgan fingerprint density at radius 2 is 1.73 bits per heavy atom. The predicted octanol–water partition coefficient (Wildman–Crippen LogP) is 7.19. The van der Waals surface area contributed by atoms with Crippen molar-refractivity contribution < 1.29 is 19.1 Å². The van der Waals surface area contributed by atoms with Gasteiger partial charge >= 0.3 is 5.97 Å². The monoisotopic (exact) mass is 520 g/mol. The molecule has 5 nitrogen and oxygen atoms in total. The van der Waals surface area contributed by atoms with E-state index in [1.165, 1.54) is 0 Å². The third-order valence-electron chi connectivity index (χ3n) is 6.81. The maximum atomic E-state index is 14.8. The van der Waals surface area contributed by atoms with Crippen molar-refractivity contribution in [2.24, 2.45) is 0 Å². The lowest BCUT2D eigenvalue weighted by Crippen LogP contribution is -2.26.